The summed E-state index contributed by atoms with van der Waals surface area (Å²) >= 11 is 0. The van der Waals surface area contributed by atoms with E-state index in [0.717, 1.165) is 25.9 Å². The molecule has 1 aliphatic rings. The average molecular weight is 274 g/mol. The molecule has 0 radical (unpaired) electrons. The van der Waals surface area contributed by atoms with Crippen LogP contribution in [-0.4, -0.2) is 19.0 Å². The molecule has 0 spiro atoms. The summed E-state index contributed by atoms with van der Waals surface area (Å²) < 4.78 is 19.1. The molecule has 0 bridgehead atoms. The minimum Gasteiger partial charge on any atom is -0.459 e. The first kappa shape index (κ1) is 12.7. The van der Waals surface area contributed by atoms with Gasteiger partial charge in [-0.25, -0.2) is 4.39 Å². The van der Waals surface area contributed by atoms with Gasteiger partial charge >= 0.3 is 0 Å². The van der Waals surface area contributed by atoms with E-state index in [1.165, 1.54) is 12.3 Å². The normalized spacial score (nSPS) is 14.6. The summed E-state index contributed by atoms with van der Waals surface area (Å²) in [7, 11) is 0. The van der Waals surface area contributed by atoms with Crippen molar-refractivity contribution in [3.8, 4) is 0 Å². The third-order valence-electron chi connectivity index (χ3n) is 3.40. The third-order valence-corrected chi connectivity index (χ3v) is 3.40. The molecule has 104 valence electrons. The van der Waals surface area contributed by atoms with Crippen LogP contribution in [0.15, 0.2) is 41.0 Å². The van der Waals surface area contributed by atoms with Crippen molar-refractivity contribution in [3.05, 3.63) is 48.2 Å². The monoisotopic (exact) mass is 274 g/mol. The van der Waals surface area contributed by atoms with E-state index in [2.05, 4.69) is 5.32 Å². The van der Waals surface area contributed by atoms with Crippen LogP contribution < -0.4 is 10.2 Å². The standard InChI is InChI=1S/C15H15FN2O2/c16-12-10-11(17-15(19)14-4-3-9-20-14)5-6-13(12)18-7-1-2-8-18/h3-6,9-10H,1-2,7-8H2,(H,17,19). The number of hydrogen-bond donors (Lipinski definition) is 1. The number of furan rings is 1. The van der Waals surface area contributed by atoms with E-state index < -0.39 is 0 Å². The first-order valence-corrected chi connectivity index (χ1v) is 6.63. The molecule has 1 saturated heterocycles. The van der Waals surface area contributed by atoms with E-state index in [1.807, 2.05) is 4.90 Å². The van der Waals surface area contributed by atoms with Gasteiger partial charge in [0.15, 0.2) is 5.76 Å². The fourth-order valence-corrected chi connectivity index (χ4v) is 2.40. The summed E-state index contributed by atoms with van der Waals surface area (Å²) in [6.45, 7) is 1.77. The molecule has 1 aromatic carbocycles. The topological polar surface area (TPSA) is 45.5 Å². The number of hydrogen-bond acceptors (Lipinski definition) is 3. The first-order valence-electron chi connectivity index (χ1n) is 6.63. The van der Waals surface area contributed by atoms with Gasteiger partial charge in [-0.3, -0.25) is 4.79 Å². The molecule has 1 fully saturated rings. The second-order valence-electron chi connectivity index (χ2n) is 4.79. The number of rotatable bonds is 3. The second kappa shape index (κ2) is 5.36. The van der Waals surface area contributed by atoms with Gasteiger partial charge in [-0.2, -0.15) is 0 Å². The van der Waals surface area contributed by atoms with Crippen molar-refractivity contribution >= 4 is 17.3 Å². The number of nitrogens with one attached hydrogen (secondary N) is 1. The lowest BCUT2D eigenvalue weighted by molar-refractivity contribution is 0.0996. The van der Waals surface area contributed by atoms with Gasteiger partial charge in [-0.15, -0.1) is 0 Å². The highest BCUT2D eigenvalue weighted by molar-refractivity contribution is 6.02. The maximum atomic E-state index is 14.1. The minimum atomic E-state index is -0.386. The van der Waals surface area contributed by atoms with Gasteiger partial charge in [-0.1, -0.05) is 0 Å². The molecule has 2 heterocycles. The number of benzene rings is 1. The molecular weight excluding hydrogens is 259 g/mol. The first-order chi connectivity index (χ1) is 9.74. The quantitative estimate of drug-likeness (QED) is 0.934. The maximum absolute atomic E-state index is 14.1. The van der Waals surface area contributed by atoms with Crippen LogP contribution in [0, 0.1) is 5.82 Å². The van der Waals surface area contributed by atoms with Gasteiger partial charge in [-0.05, 0) is 43.2 Å². The summed E-state index contributed by atoms with van der Waals surface area (Å²) in [4.78, 5) is 13.8. The lowest BCUT2D eigenvalue weighted by Gasteiger charge is -2.18. The van der Waals surface area contributed by atoms with Crippen molar-refractivity contribution in [2.24, 2.45) is 0 Å². The molecule has 2 aromatic rings. The Kier molecular flexibility index (Phi) is 3.41. The summed E-state index contributed by atoms with van der Waals surface area (Å²) in [5.41, 5.74) is 1.02. The Balaban J connectivity index is 1.75. The SMILES string of the molecule is O=C(Nc1ccc(N2CCCC2)c(F)c1)c1ccco1. The number of nitrogens with zero attached hydrogens (tertiary/aromatic N) is 1. The highest BCUT2D eigenvalue weighted by Gasteiger charge is 2.17. The van der Waals surface area contributed by atoms with Crippen molar-refractivity contribution in [1.29, 1.82) is 0 Å². The van der Waals surface area contributed by atoms with Gasteiger partial charge in [0.25, 0.3) is 5.91 Å². The van der Waals surface area contributed by atoms with Crippen LogP contribution in [0.1, 0.15) is 23.4 Å². The van der Waals surface area contributed by atoms with Crippen LogP contribution in [-0.2, 0) is 0 Å². The Morgan fingerprint density at radius 3 is 2.70 bits per heavy atom. The van der Waals surface area contributed by atoms with E-state index in [1.54, 1.807) is 24.3 Å². The number of halogens is 1. The third kappa shape index (κ3) is 2.52. The fourth-order valence-electron chi connectivity index (χ4n) is 2.40. The van der Waals surface area contributed by atoms with Crippen molar-refractivity contribution in [3.63, 3.8) is 0 Å². The smallest absolute Gasteiger partial charge is 0.291 e. The molecule has 0 aliphatic carbocycles. The lowest BCUT2D eigenvalue weighted by Crippen LogP contribution is -2.19. The van der Waals surface area contributed by atoms with Crippen molar-refractivity contribution < 1.29 is 13.6 Å². The summed E-state index contributed by atoms with van der Waals surface area (Å²) in [6, 6.07) is 7.95. The van der Waals surface area contributed by atoms with Crippen LogP contribution in [0.2, 0.25) is 0 Å². The Morgan fingerprint density at radius 2 is 2.05 bits per heavy atom. The zero-order valence-corrected chi connectivity index (χ0v) is 10.9. The molecular formula is C15H15FN2O2. The van der Waals surface area contributed by atoms with E-state index in [9.17, 15) is 9.18 Å². The van der Waals surface area contributed by atoms with E-state index >= 15 is 0 Å². The molecule has 4 nitrogen and oxygen atoms in total. The molecule has 5 heteroatoms. The Bertz CT molecular complexity index is 604. The lowest BCUT2D eigenvalue weighted by atomic mass is 10.2. The van der Waals surface area contributed by atoms with E-state index in [-0.39, 0.29) is 17.5 Å². The molecule has 1 N–H and O–H groups in total. The Labute approximate surface area is 116 Å². The molecule has 1 amide bonds. The number of carbonyl (C=O) groups excluding carboxylic acids is 1. The highest BCUT2D eigenvalue weighted by Crippen LogP contribution is 2.26. The average Bonchev–Trinajstić information content (AvgIpc) is 3.12. The zero-order valence-electron chi connectivity index (χ0n) is 10.9. The van der Waals surface area contributed by atoms with Crippen LogP contribution >= 0.6 is 0 Å². The van der Waals surface area contributed by atoms with Crippen LogP contribution in [0.25, 0.3) is 0 Å². The molecule has 3 rings (SSSR count). The second-order valence-corrected chi connectivity index (χ2v) is 4.79. The van der Waals surface area contributed by atoms with E-state index in [0.29, 0.717) is 11.4 Å². The summed E-state index contributed by atoms with van der Waals surface area (Å²) in [6.07, 6.45) is 3.61. The Hall–Kier alpha value is -2.30. The van der Waals surface area contributed by atoms with Gasteiger partial charge in [0, 0.05) is 18.8 Å². The molecule has 20 heavy (non-hydrogen) atoms. The highest BCUT2D eigenvalue weighted by atomic mass is 19.1. The van der Waals surface area contributed by atoms with Crippen LogP contribution in [0.4, 0.5) is 15.8 Å². The van der Waals surface area contributed by atoms with Crippen molar-refractivity contribution in [2.75, 3.05) is 23.3 Å². The van der Waals surface area contributed by atoms with Crippen molar-refractivity contribution in [2.45, 2.75) is 12.8 Å². The zero-order chi connectivity index (χ0) is 13.9. The largest absolute Gasteiger partial charge is 0.459 e. The van der Waals surface area contributed by atoms with Crippen molar-refractivity contribution in [1.82, 2.24) is 0 Å². The number of amides is 1. The molecule has 0 saturated carbocycles. The van der Waals surface area contributed by atoms with Gasteiger partial charge in [0.05, 0.1) is 12.0 Å². The van der Waals surface area contributed by atoms with Gasteiger partial charge in [0.1, 0.15) is 5.82 Å². The molecule has 0 unspecified atom stereocenters. The molecule has 0 atom stereocenters. The molecule has 1 aliphatic heterocycles. The van der Waals surface area contributed by atoms with Gasteiger partial charge in [0.2, 0.25) is 0 Å². The predicted molar refractivity (Wildman–Crippen MR) is 74.5 cm³/mol. The van der Waals surface area contributed by atoms with E-state index in [4.69, 9.17) is 4.42 Å². The predicted octanol–water partition coefficient (Wildman–Crippen LogP) is 3.27. The number of carbonyl (C=O) groups is 1. The minimum absolute atomic E-state index is 0.203. The summed E-state index contributed by atoms with van der Waals surface area (Å²) in [5, 5.41) is 2.61. The maximum Gasteiger partial charge on any atom is 0.291 e. The number of anilines is 2. The van der Waals surface area contributed by atoms with Gasteiger partial charge < -0.3 is 14.6 Å². The van der Waals surface area contributed by atoms with Crippen LogP contribution in [0.5, 0.6) is 0 Å². The fraction of sp³-hybridized carbons (Fsp3) is 0.267. The molecule has 1 aromatic heterocycles. The van der Waals surface area contributed by atoms with Crippen LogP contribution in [0.3, 0.4) is 0 Å². The summed E-state index contributed by atoms with van der Waals surface area (Å²) in [5.74, 6) is -0.499. The Morgan fingerprint density at radius 1 is 1.25 bits per heavy atom.